The molecule has 0 fully saturated rings. The van der Waals surface area contributed by atoms with E-state index in [0.29, 0.717) is 13.2 Å². The Balaban J connectivity index is 2.11. The summed E-state index contributed by atoms with van der Waals surface area (Å²) in [5, 5.41) is 20.3. The van der Waals surface area contributed by atoms with Gasteiger partial charge in [-0.05, 0) is 5.12 Å². The third-order valence-corrected chi connectivity index (χ3v) is 1.51. The number of hydrogen-bond acceptors (Lipinski definition) is 6. The predicted octanol–water partition coefficient (Wildman–Crippen LogP) is -1.30. The summed E-state index contributed by atoms with van der Waals surface area (Å²) in [7, 11) is 0. The molecule has 8 heteroatoms. The second kappa shape index (κ2) is 5.37. The van der Waals surface area contributed by atoms with Crippen molar-refractivity contribution >= 4 is 0 Å². The average molecular weight is 204 g/mol. The summed E-state index contributed by atoms with van der Waals surface area (Å²) in [6.45, 7) is 1.12. The molecular weight excluding hydrogens is 192 g/mol. The van der Waals surface area contributed by atoms with E-state index in [1.807, 2.05) is 0 Å². The zero-order valence-electron chi connectivity index (χ0n) is 7.50. The molecule has 0 saturated heterocycles. The van der Waals surface area contributed by atoms with Crippen molar-refractivity contribution in [2.75, 3.05) is 26.4 Å². The molecule has 0 unspecified atom stereocenters. The predicted molar refractivity (Wildman–Crippen MR) is 45.7 cm³/mol. The van der Waals surface area contributed by atoms with Crippen molar-refractivity contribution in [2.45, 2.75) is 0 Å². The van der Waals surface area contributed by atoms with Crippen LogP contribution in [0.2, 0.25) is 0 Å². The normalized spacial score (nSPS) is 15.2. The second-order valence-electron chi connectivity index (χ2n) is 2.51. The molecule has 14 heavy (non-hydrogen) atoms. The van der Waals surface area contributed by atoms with Gasteiger partial charge in [0, 0.05) is 6.20 Å². The highest BCUT2D eigenvalue weighted by atomic mass is 16.7. The number of ether oxygens (including phenoxy) is 1. The molecule has 0 saturated carbocycles. The number of nitrogens with zero attached hydrogens (tertiary/aromatic N) is 3. The van der Waals surface area contributed by atoms with Gasteiger partial charge < -0.3 is 9.84 Å². The molecule has 0 aromatic heterocycles. The van der Waals surface area contributed by atoms with E-state index in [2.05, 4.69) is 5.53 Å². The van der Waals surface area contributed by atoms with Crippen LogP contribution in [0, 0.1) is 10.1 Å². The molecule has 1 rings (SSSR count). The molecule has 0 aromatic rings. The average Bonchev–Trinajstić information content (AvgIpc) is 2.61. The Morgan fingerprint density at radius 3 is 2.86 bits per heavy atom. The molecule has 0 radical (unpaired) electrons. The fourth-order valence-corrected chi connectivity index (χ4v) is 0.887. The zero-order valence-corrected chi connectivity index (χ0v) is 7.50. The standard InChI is InChI=1S/C6H12N4O4/c11-4-6-14-5-3-8-1-2-9(7-8)10(12)13/h1-2,7,11H,3-6H2. The first kappa shape index (κ1) is 10.7. The van der Waals surface area contributed by atoms with Crippen molar-refractivity contribution in [1.29, 1.82) is 0 Å². The minimum atomic E-state index is -0.578. The van der Waals surface area contributed by atoms with Crippen LogP contribution >= 0.6 is 0 Å². The highest BCUT2D eigenvalue weighted by Gasteiger charge is 2.18. The van der Waals surface area contributed by atoms with Crippen LogP contribution in [0.5, 0.6) is 0 Å². The lowest BCUT2D eigenvalue weighted by molar-refractivity contribution is -0.657. The van der Waals surface area contributed by atoms with E-state index in [-0.39, 0.29) is 13.2 Å². The van der Waals surface area contributed by atoms with Crippen molar-refractivity contribution in [3.05, 3.63) is 22.5 Å². The van der Waals surface area contributed by atoms with Gasteiger partial charge in [-0.2, -0.15) is 0 Å². The Morgan fingerprint density at radius 2 is 2.29 bits per heavy atom. The van der Waals surface area contributed by atoms with Crippen LogP contribution in [0.1, 0.15) is 0 Å². The highest BCUT2D eigenvalue weighted by Crippen LogP contribution is 1.98. The van der Waals surface area contributed by atoms with E-state index in [1.54, 1.807) is 0 Å². The summed E-state index contributed by atoms with van der Waals surface area (Å²) in [4.78, 5) is 10.3. The maximum atomic E-state index is 10.3. The molecule has 0 spiro atoms. The van der Waals surface area contributed by atoms with Gasteiger partial charge in [-0.25, -0.2) is 10.1 Å². The quantitative estimate of drug-likeness (QED) is 0.315. The monoisotopic (exact) mass is 204 g/mol. The molecule has 80 valence electrons. The number of nitro groups is 1. The number of nitrogens with one attached hydrogen (secondary N) is 1. The van der Waals surface area contributed by atoms with Crippen LogP contribution in [0.4, 0.5) is 0 Å². The van der Waals surface area contributed by atoms with E-state index in [4.69, 9.17) is 9.84 Å². The van der Waals surface area contributed by atoms with Crippen molar-refractivity contribution in [3.8, 4) is 0 Å². The van der Waals surface area contributed by atoms with Gasteiger partial charge in [0.15, 0.2) is 5.03 Å². The third kappa shape index (κ3) is 3.17. The lowest BCUT2D eigenvalue weighted by Gasteiger charge is -2.15. The fraction of sp³-hybridized carbons (Fsp3) is 0.667. The Hall–Kier alpha value is -1.38. The van der Waals surface area contributed by atoms with E-state index < -0.39 is 5.03 Å². The SMILES string of the molecule is O=[N+]([O-])N1C=CN(CCOCCO)N1. The first-order chi connectivity index (χ1) is 6.74. The van der Waals surface area contributed by atoms with Crippen LogP contribution in [-0.2, 0) is 4.74 Å². The van der Waals surface area contributed by atoms with Gasteiger partial charge >= 0.3 is 0 Å². The minimum Gasteiger partial charge on any atom is -0.394 e. The van der Waals surface area contributed by atoms with Crippen LogP contribution < -0.4 is 5.53 Å². The van der Waals surface area contributed by atoms with E-state index in [1.165, 1.54) is 17.4 Å². The molecule has 8 nitrogen and oxygen atoms in total. The van der Waals surface area contributed by atoms with Crippen LogP contribution in [0.25, 0.3) is 0 Å². The summed E-state index contributed by atoms with van der Waals surface area (Å²) < 4.78 is 4.99. The summed E-state index contributed by atoms with van der Waals surface area (Å²) in [6, 6.07) is 0. The fourth-order valence-electron chi connectivity index (χ4n) is 0.887. The third-order valence-electron chi connectivity index (χ3n) is 1.51. The van der Waals surface area contributed by atoms with E-state index >= 15 is 0 Å². The lowest BCUT2D eigenvalue weighted by Crippen LogP contribution is -2.43. The lowest BCUT2D eigenvalue weighted by atomic mass is 10.6. The summed E-state index contributed by atoms with van der Waals surface area (Å²) in [6.07, 6.45) is 2.83. The molecule has 0 aliphatic carbocycles. The molecule has 1 aliphatic rings. The first-order valence-corrected chi connectivity index (χ1v) is 4.07. The van der Waals surface area contributed by atoms with Gasteiger partial charge in [-0.3, -0.25) is 5.01 Å². The molecule has 0 aromatic carbocycles. The molecule has 0 bridgehead atoms. The number of aliphatic hydroxyl groups is 1. The number of rotatable bonds is 6. The van der Waals surface area contributed by atoms with Gasteiger partial charge in [0.1, 0.15) is 6.20 Å². The minimum absolute atomic E-state index is 0.0235. The maximum absolute atomic E-state index is 10.3. The van der Waals surface area contributed by atoms with Crippen molar-refractivity contribution in [3.63, 3.8) is 0 Å². The molecule has 1 heterocycles. The Bertz CT molecular complexity index is 222. The summed E-state index contributed by atoms with van der Waals surface area (Å²) in [5.74, 6) is 0. The van der Waals surface area contributed by atoms with Crippen molar-refractivity contribution in [2.24, 2.45) is 0 Å². The molecule has 2 N–H and O–H groups in total. The van der Waals surface area contributed by atoms with Crippen LogP contribution in [-0.4, -0.2) is 46.6 Å². The Morgan fingerprint density at radius 1 is 1.50 bits per heavy atom. The van der Waals surface area contributed by atoms with Crippen LogP contribution in [0.3, 0.4) is 0 Å². The van der Waals surface area contributed by atoms with Gasteiger partial charge in [0.05, 0.1) is 26.4 Å². The Kier molecular flexibility index (Phi) is 4.11. The number of hydrazine groups is 3. The van der Waals surface area contributed by atoms with Gasteiger partial charge in [0.2, 0.25) is 0 Å². The van der Waals surface area contributed by atoms with Crippen molar-refractivity contribution in [1.82, 2.24) is 15.7 Å². The highest BCUT2D eigenvalue weighted by molar-refractivity contribution is 4.81. The summed E-state index contributed by atoms with van der Waals surface area (Å²) in [5.41, 5.74) is 2.48. The van der Waals surface area contributed by atoms with E-state index in [0.717, 1.165) is 5.12 Å². The van der Waals surface area contributed by atoms with E-state index in [9.17, 15) is 10.1 Å². The number of aliphatic hydroxyl groups excluding tert-OH is 1. The molecule has 0 atom stereocenters. The smallest absolute Gasteiger partial charge is 0.182 e. The first-order valence-electron chi connectivity index (χ1n) is 4.07. The van der Waals surface area contributed by atoms with Crippen LogP contribution in [0.15, 0.2) is 12.4 Å². The molecule has 1 aliphatic heterocycles. The Labute approximate surface area is 80.4 Å². The molecular formula is C6H12N4O4. The van der Waals surface area contributed by atoms with Gasteiger partial charge in [0.25, 0.3) is 0 Å². The van der Waals surface area contributed by atoms with Gasteiger partial charge in [-0.1, -0.05) is 5.53 Å². The zero-order chi connectivity index (χ0) is 10.4. The second-order valence-corrected chi connectivity index (χ2v) is 2.51. The summed E-state index contributed by atoms with van der Waals surface area (Å²) >= 11 is 0. The topological polar surface area (TPSA) is 91.1 Å². The maximum Gasteiger partial charge on any atom is 0.182 e. The van der Waals surface area contributed by atoms with Crippen molar-refractivity contribution < 1.29 is 14.9 Å². The van der Waals surface area contributed by atoms with Gasteiger partial charge in [-0.15, -0.1) is 0 Å². The number of hydrogen-bond donors (Lipinski definition) is 2. The largest absolute Gasteiger partial charge is 0.394 e. The molecule has 0 amide bonds.